The smallest absolute Gasteiger partial charge is 0.410 e. The van der Waals surface area contributed by atoms with Crippen LogP contribution < -0.4 is 11.3 Å². The van der Waals surface area contributed by atoms with Crippen LogP contribution in [-0.4, -0.2) is 34.3 Å². The maximum absolute atomic E-state index is 12.9. The summed E-state index contributed by atoms with van der Waals surface area (Å²) < 4.78 is 7.13. The number of nitrogens with zero attached hydrogens (tertiary/aromatic N) is 2. The van der Waals surface area contributed by atoms with Gasteiger partial charge in [-0.05, 0) is 51.8 Å². The zero-order chi connectivity index (χ0) is 18.4. The fraction of sp³-hybridized carbons (Fsp3) is 0.474. The number of carbonyl (C=O) groups excluding carboxylic acids is 1. The summed E-state index contributed by atoms with van der Waals surface area (Å²) in [6, 6.07) is 5.52. The lowest BCUT2D eigenvalue weighted by atomic mass is 10.1. The van der Waals surface area contributed by atoms with Crippen molar-refractivity contribution in [2.45, 2.75) is 45.8 Å². The lowest BCUT2D eigenvalue weighted by molar-refractivity contribution is 0.0289. The first-order valence-corrected chi connectivity index (χ1v) is 8.55. The first-order chi connectivity index (χ1) is 11.7. The summed E-state index contributed by atoms with van der Waals surface area (Å²) in [5.74, 6) is 0. The molecular formula is C19H25N3O3. The second kappa shape index (κ2) is 6.10. The summed E-state index contributed by atoms with van der Waals surface area (Å²) in [5.41, 5.74) is 7.10. The Labute approximate surface area is 147 Å². The van der Waals surface area contributed by atoms with E-state index in [1.807, 2.05) is 45.9 Å². The van der Waals surface area contributed by atoms with Crippen LogP contribution in [0.5, 0.6) is 0 Å². The number of carbonyl (C=O) groups is 1. The minimum absolute atomic E-state index is 0.0491. The topological polar surface area (TPSA) is 77.6 Å². The average molecular weight is 343 g/mol. The number of hydrogen-bond acceptors (Lipinski definition) is 4. The van der Waals surface area contributed by atoms with Gasteiger partial charge in [-0.1, -0.05) is 6.07 Å². The highest BCUT2D eigenvalue weighted by molar-refractivity contribution is 5.93. The van der Waals surface area contributed by atoms with Crippen LogP contribution in [-0.2, 0) is 4.74 Å². The van der Waals surface area contributed by atoms with Gasteiger partial charge in [0.05, 0.1) is 6.04 Å². The summed E-state index contributed by atoms with van der Waals surface area (Å²) in [4.78, 5) is 26.7. The average Bonchev–Trinajstić information content (AvgIpc) is 2.99. The molecule has 3 rings (SSSR count). The molecule has 2 heterocycles. The fourth-order valence-electron chi connectivity index (χ4n) is 3.22. The van der Waals surface area contributed by atoms with Crippen LogP contribution in [0.2, 0.25) is 0 Å². The molecule has 0 spiro atoms. The highest BCUT2D eigenvalue weighted by Crippen LogP contribution is 2.26. The molecule has 0 bridgehead atoms. The minimum atomic E-state index is -0.523. The molecule has 2 N–H and O–H groups in total. The van der Waals surface area contributed by atoms with Crippen molar-refractivity contribution in [3.8, 4) is 0 Å². The number of aryl methyl sites for hydroxylation is 1. The number of likely N-dealkylation sites (tertiary alicyclic amines) is 1. The van der Waals surface area contributed by atoms with Crippen LogP contribution >= 0.6 is 0 Å². The second-order valence-electron chi connectivity index (χ2n) is 7.65. The van der Waals surface area contributed by atoms with Crippen molar-refractivity contribution in [1.29, 1.82) is 0 Å². The molecule has 2 aromatic rings. The Kier molecular flexibility index (Phi) is 4.22. The SMILES string of the molecule is Cc1ccc2c(=O)n(C3CCN(C(=O)OC(C)(C)C)C3)ccc2c1N. The summed E-state index contributed by atoms with van der Waals surface area (Å²) in [5, 5.41) is 1.39. The van der Waals surface area contributed by atoms with E-state index in [0.717, 1.165) is 17.4 Å². The number of benzene rings is 1. The Morgan fingerprint density at radius 3 is 2.64 bits per heavy atom. The van der Waals surface area contributed by atoms with E-state index in [1.54, 1.807) is 15.7 Å². The fourth-order valence-corrected chi connectivity index (χ4v) is 3.22. The third-order valence-electron chi connectivity index (χ3n) is 4.58. The molecule has 0 radical (unpaired) electrons. The number of hydrogen-bond donors (Lipinski definition) is 1. The lowest BCUT2D eigenvalue weighted by Crippen LogP contribution is -2.36. The molecule has 0 saturated carbocycles. The van der Waals surface area contributed by atoms with Gasteiger partial charge in [0, 0.05) is 35.7 Å². The number of aromatic nitrogens is 1. The molecule has 25 heavy (non-hydrogen) atoms. The van der Waals surface area contributed by atoms with Gasteiger partial charge in [-0.25, -0.2) is 4.79 Å². The van der Waals surface area contributed by atoms with E-state index >= 15 is 0 Å². The maximum atomic E-state index is 12.9. The Morgan fingerprint density at radius 1 is 1.24 bits per heavy atom. The zero-order valence-electron chi connectivity index (χ0n) is 15.2. The molecule has 1 aliphatic heterocycles. The van der Waals surface area contributed by atoms with Gasteiger partial charge >= 0.3 is 6.09 Å². The van der Waals surface area contributed by atoms with Crippen molar-refractivity contribution in [2.75, 3.05) is 18.8 Å². The van der Waals surface area contributed by atoms with E-state index < -0.39 is 5.60 Å². The van der Waals surface area contributed by atoms with E-state index in [4.69, 9.17) is 10.5 Å². The first-order valence-electron chi connectivity index (χ1n) is 8.55. The van der Waals surface area contributed by atoms with Gasteiger partial charge in [0.2, 0.25) is 0 Å². The van der Waals surface area contributed by atoms with Gasteiger partial charge in [0.1, 0.15) is 5.60 Å². The molecule has 134 valence electrons. The molecular weight excluding hydrogens is 318 g/mol. The van der Waals surface area contributed by atoms with Crippen LogP contribution in [0.4, 0.5) is 10.5 Å². The standard InChI is InChI=1S/C19H25N3O3/c1-12-5-6-15-14(16(12)20)8-10-22(17(15)23)13-7-9-21(11-13)18(24)25-19(2,3)4/h5-6,8,10,13H,7,9,11,20H2,1-4H3. The third-order valence-corrected chi connectivity index (χ3v) is 4.58. The van der Waals surface area contributed by atoms with E-state index in [1.165, 1.54) is 0 Å². The van der Waals surface area contributed by atoms with Crippen molar-refractivity contribution in [1.82, 2.24) is 9.47 Å². The summed E-state index contributed by atoms with van der Waals surface area (Å²) in [6.45, 7) is 8.52. The van der Waals surface area contributed by atoms with Crippen LogP contribution in [0.1, 0.15) is 38.8 Å². The third kappa shape index (κ3) is 3.34. The number of anilines is 1. The van der Waals surface area contributed by atoms with E-state index in [2.05, 4.69) is 0 Å². The molecule has 1 aliphatic rings. The number of ether oxygens (including phenoxy) is 1. The van der Waals surface area contributed by atoms with Gasteiger partial charge in [0.25, 0.3) is 5.56 Å². The molecule has 1 unspecified atom stereocenters. The normalized spacial score (nSPS) is 17.9. The Balaban J connectivity index is 1.86. The van der Waals surface area contributed by atoms with Gasteiger partial charge in [-0.2, -0.15) is 0 Å². The van der Waals surface area contributed by atoms with E-state index in [0.29, 0.717) is 24.2 Å². The summed E-state index contributed by atoms with van der Waals surface area (Å²) >= 11 is 0. The number of nitrogen functional groups attached to an aromatic ring is 1. The van der Waals surface area contributed by atoms with Crippen molar-refractivity contribution >= 4 is 22.6 Å². The maximum Gasteiger partial charge on any atom is 0.410 e. The second-order valence-corrected chi connectivity index (χ2v) is 7.65. The van der Waals surface area contributed by atoms with Crippen molar-refractivity contribution < 1.29 is 9.53 Å². The Bertz CT molecular complexity index is 880. The Hall–Kier alpha value is -2.50. The predicted molar refractivity (Wildman–Crippen MR) is 98.8 cm³/mol. The minimum Gasteiger partial charge on any atom is -0.444 e. The molecule has 1 fully saturated rings. The highest BCUT2D eigenvalue weighted by atomic mass is 16.6. The highest BCUT2D eigenvalue weighted by Gasteiger charge is 2.31. The Morgan fingerprint density at radius 2 is 1.96 bits per heavy atom. The lowest BCUT2D eigenvalue weighted by Gasteiger charge is -2.24. The van der Waals surface area contributed by atoms with Crippen LogP contribution in [0, 0.1) is 6.92 Å². The molecule has 1 aromatic heterocycles. The molecule has 1 saturated heterocycles. The largest absolute Gasteiger partial charge is 0.444 e. The van der Waals surface area contributed by atoms with Crippen molar-refractivity contribution in [3.63, 3.8) is 0 Å². The number of amides is 1. The first kappa shape index (κ1) is 17.3. The summed E-state index contributed by atoms with van der Waals surface area (Å²) in [6.07, 6.45) is 2.18. The van der Waals surface area contributed by atoms with Gasteiger partial charge in [-0.3, -0.25) is 4.79 Å². The van der Waals surface area contributed by atoms with Crippen molar-refractivity contribution in [2.24, 2.45) is 0 Å². The number of rotatable bonds is 1. The monoisotopic (exact) mass is 343 g/mol. The summed E-state index contributed by atoms with van der Waals surface area (Å²) in [7, 11) is 0. The zero-order valence-corrected chi connectivity index (χ0v) is 15.2. The van der Waals surface area contributed by atoms with E-state index in [9.17, 15) is 9.59 Å². The molecule has 1 atom stereocenters. The van der Waals surface area contributed by atoms with Crippen LogP contribution in [0.25, 0.3) is 10.8 Å². The van der Waals surface area contributed by atoms with Gasteiger partial charge in [-0.15, -0.1) is 0 Å². The molecule has 1 aromatic carbocycles. The predicted octanol–water partition coefficient (Wildman–Crippen LogP) is 3.07. The van der Waals surface area contributed by atoms with Crippen LogP contribution in [0.3, 0.4) is 0 Å². The number of pyridine rings is 1. The number of nitrogens with two attached hydrogens (primary N) is 1. The van der Waals surface area contributed by atoms with Crippen molar-refractivity contribution in [3.05, 3.63) is 40.3 Å². The molecule has 0 aliphatic carbocycles. The number of fused-ring (bicyclic) bond motifs is 1. The van der Waals surface area contributed by atoms with Gasteiger partial charge in [0.15, 0.2) is 0 Å². The van der Waals surface area contributed by atoms with Crippen LogP contribution in [0.15, 0.2) is 29.2 Å². The van der Waals surface area contributed by atoms with E-state index in [-0.39, 0.29) is 17.7 Å². The quantitative estimate of drug-likeness (QED) is 0.807. The van der Waals surface area contributed by atoms with Gasteiger partial charge < -0.3 is 19.9 Å². The molecule has 6 nitrogen and oxygen atoms in total. The molecule has 1 amide bonds. The molecule has 6 heteroatoms.